The standard InChI is InChI=1S/C23H27NO3/c1-16(2)21-15-27-23(19-7-5-4-6-8-19)14-18(22(25)24(21)23)13-17-9-11-20(26-3)12-10-17/h4-12,16,18,21H,13-15H2,1-3H3/t18-,21-,23+/m1/s1. The van der Waals surface area contributed by atoms with Crippen LogP contribution in [0.15, 0.2) is 54.6 Å². The summed E-state index contributed by atoms with van der Waals surface area (Å²) >= 11 is 0. The number of carbonyl (C=O) groups is 1. The van der Waals surface area contributed by atoms with Gasteiger partial charge in [0.25, 0.3) is 0 Å². The molecule has 2 aromatic carbocycles. The summed E-state index contributed by atoms with van der Waals surface area (Å²) in [7, 11) is 1.66. The van der Waals surface area contributed by atoms with Crippen molar-refractivity contribution in [2.45, 2.75) is 38.5 Å². The van der Waals surface area contributed by atoms with Gasteiger partial charge in [-0.15, -0.1) is 0 Å². The minimum Gasteiger partial charge on any atom is -0.497 e. The van der Waals surface area contributed by atoms with E-state index in [4.69, 9.17) is 9.47 Å². The predicted molar refractivity (Wildman–Crippen MR) is 104 cm³/mol. The molecule has 0 unspecified atom stereocenters. The smallest absolute Gasteiger partial charge is 0.229 e. The van der Waals surface area contributed by atoms with E-state index in [1.807, 2.05) is 47.4 Å². The van der Waals surface area contributed by atoms with Crippen LogP contribution in [-0.2, 0) is 21.7 Å². The zero-order valence-electron chi connectivity index (χ0n) is 16.2. The largest absolute Gasteiger partial charge is 0.497 e. The van der Waals surface area contributed by atoms with Crippen molar-refractivity contribution < 1.29 is 14.3 Å². The molecule has 2 fully saturated rings. The number of hydrogen-bond acceptors (Lipinski definition) is 3. The highest BCUT2D eigenvalue weighted by Crippen LogP contribution is 2.50. The van der Waals surface area contributed by atoms with Crippen LogP contribution in [0.1, 0.15) is 31.4 Å². The SMILES string of the molecule is COc1ccc(C[C@@H]2C[C@@]3(c4ccccc4)OC[C@H](C(C)C)N3C2=O)cc1. The van der Waals surface area contributed by atoms with Crippen molar-refractivity contribution in [3.05, 3.63) is 65.7 Å². The molecule has 2 heterocycles. The Morgan fingerprint density at radius 2 is 1.85 bits per heavy atom. The average Bonchev–Trinajstić information content (AvgIpc) is 3.20. The minimum absolute atomic E-state index is 0.0693. The first-order chi connectivity index (χ1) is 13.0. The lowest BCUT2D eigenvalue weighted by atomic mass is 9.91. The van der Waals surface area contributed by atoms with Gasteiger partial charge < -0.3 is 14.4 Å². The Kier molecular flexibility index (Phi) is 4.68. The highest BCUT2D eigenvalue weighted by molar-refractivity contribution is 5.83. The van der Waals surface area contributed by atoms with Crippen LogP contribution < -0.4 is 4.74 Å². The summed E-state index contributed by atoms with van der Waals surface area (Å²) in [4.78, 5) is 15.5. The fourth-order valence-corrected chi connectivity index (χ4v) is 4.49. The van der Waals surface area contributed by atoms with Crippen LogP contribution >= 0.6 is 0 Å². The van der Waals surface area contributed by atoms with Crippen molar-refractivity contribution in [2.24, 2.45) is 11.8 Å². The Morgan fingerprint density at radius 1 is 1.15 bits per heavy atom. The lowest BCUT2D eigenvalue weighted by Crippen LogP contribution is -2.45. The summed E-state index contributed by atoms with van der Waals surface area (Å²) in [6, 6.07) is 18.3. The van der Waals surface area contributed by atoms with Crippen molar-refractivity contribution in [3.8, 4) is 5.75 Å². The highest BCUT2D eigenvalue weighted by Gasteiger charge is 2.59. The van der Waals surface area contributed by atoms with Crippen molar-refractivity contribution in [3.63, 3.8) is 0 Å². The van der Waals surface area contributed by atoms with E-state index in [0.29, 0.717) is 18.9 Å². The number of benzene rings is 2. The van der Waals surface area contributed by atoms with Gasteiger partial charge in [-0.25, -0.2) is 0 Å². The molecule has 1 amide bonds. The Hall–Kier alpha value is -2.33. The van der Waals surface area contributed by atoms with Crippen LogP contribution in [0.25, 0.3) is 0 Å². The third kappa shape index (κ3) is 3.02. The molecule has 2 aliphatic heterocycles. The summed E-state index contributed by atoms with van der Waals surface area (Å²) in [5.41, 5.74) is 1.61. The quantitative estimate of drug-likeness (QED) is 0.804. The third-order valence-corrected chi connectivity index (χ3v) is 5.96. The van der Waals surface area contributed by atoms with Gasteiger partial charge in [-0.3, -0.25) is 4.79 Å². The molecule has 2 aliphatic rings. The third-order valence-electron chi connectivity index (χ3n) is 5.96. The van der Waals surface area contributed by atoms with Gasteiger partial charge in [-0.2, -0.15) is 0 Å². The molecule has 0 aromatic heterocycles. The summed E-state index contributed by atoms with van der Waals surface area (Å²) in [5, 5.41) is 0. The molecular formula is C23H27NO3. The maximum Gasteiger partial charge on any atom is 0.229 e. The number of methoxy groups -OCH3 is 1. The maximum atomic E-state index is 13.4. The Balaban J connectivity index is 1.65. The molecule has 0 spiro atoms. The van der Waals surface area contributed by atoms with Gasteiger partial charge in [0, 0.05) is 17.9 Å². The number of amides is 1. The molecule has 0 N–H and O–H groups in total. The van der Waals surface area contributed by atoms with Crippen molar-refractivity contribution in [1.82, 2.24) is 4.90 Å². The molecule has 3 atom stereocenters. The molecule has 4 nitrogen and oxygen atoms in total. The monoisotopic (exact) mass is 365 g/mol. The predicted octanol–water partition coefficient (Wildman–Crippen LogP) is 3.99. The zero-order chi connectivity index (χ0) is 19.0. The molecule has 0 bridgehead atoms. The summed E-state index contributed by atoms with van der Waals surface area (Å²) in [6.07, 6.45) is 1.42. The molecule has 4 rings (SSSR count). The number of ether oxygens (including phenoxy) is 2. The first-order valence-corrected chi connectivity index (χ1v) is 9.71. The fourth-order valence-electron chi connectivity index (χ4n) is 4.49. The van der Waals surface area contributed by atoms with Gasteiger partial charge >= 0.3 is 0 Å². The summed E-state index contributed by atoms with van der Waals surface area (Å²) in [6.45, 7) is 4.94. The van der Waals surface area contributed by atoms with Crippen molar-refractivity contribution >= 4 is 5.91 Å². The van der Waals surface area contributed by atoms with Crippen LogP contribution in [0, 0.1) is 11.8 Å². The minimum atomic E-state index is -0.621. The van der Waals surface area contributed by atoms with E-state index in [-0.39, 0.29) is 17.9 Å². The second-order valence-corrected chi connectivity index (χ2v) is 7.93. The Morgan fingerprint density at radius 3 is 2.48 bits per heavy atom. The summed E-state index contributed by atoms with van der Waals surface area (Å²) < 4.78 is 11.6. The van der Waals surface area contributed by atoms with Gasteiger partial charge in [-0.05, 0) is 30.0 Å². The molecule has 2 saturated heterocycles. The number of carbonyl (C=O) groups excluding carboxylic acids is 1. The fraction of sp³-hybridized carbons (Fsp3) is 0.435. The second kappa shape index (κ2) is 7.01. The van der Waals surface area contributed by atoms with Crippen LogP contribution in [0.3, 0.4) is 0 Å². The molecule has 4 heteroatoms. The molecule has 0 saturated carbocycles. The van der Waals surface area contributed by atoms with E-state index in [2.05, 4.69) is 26.0 Å². The van der Waals surface area contributed by atoms with E-state index in [1.54, 1.807) is 7.11 Å². The van der Waals surface area contributed by atoms with Gasteiger partial charge in [-0.1, -0.05) is 56.3 Å². The van der Waals surface area contributed by atoms with Crippen LogP contribution in [0.2, 0.25) is 0 Å². The highest BCUT2D eigenvalue weighted by atomic mass is 16.5. The molecule has 2 aromatic rings. The molecule has 27 heavy (non-hydrogen) atoms. The lowest BCUT2D eigenvalue weighted by molar-refractivity contribution is -0.141. The first-order valence-electron chi connectivity index (χ1n) is 9.71. The van der Waals surface area contributed by atoms with Gasteiger partial charge in [0.05, 0.1) is 19.8 Å². The van der Waals surface area contributed by atoms with Crippen LogP contribution in [0.5, 0.6) is 5.75 Å². The topological polar surface area (TPSA) is 38.8 Å². The first kappa shape index (κ1) is 18.1. The van der Waals surface area contributed by atoms with E-state index >= 15 is 0 Å². The van der Waals surface area contributed by atoms with Crippen molar-refractivity contribution in [1.29, 1.82) is 0 Å². The zero-order valence-corrected chi connectivity index (χ0v) is 16.2. The van der Waals surface area contributed by atoms with Crippen molar-refractivity contribution in [2.75, 3.05) is 13.7 Å². The van der Waals surface area contributed by atoms with E-state index in [1.165, 1.54) is 0 Å². The maximum absolute atomic E-state index is 13.4. The Bertz CT molecular complexity index is 802. The van der Waals surface area contributed by atoms with E-state index in [9.17, 15) is 4.79 Å². The molecule has 0 radical (unpaired) electrons. The molecule has 142 valence electrons. The normalized spacial score (nSPS) is 27.3. The number of nitrogens with zero attached hydrogens (tertiary/aromatic N) is 1. The molecule has 0 aliphatic carbocycles. The average molecular weight is 365 g/mol. The summed E-state index contributed by atoms with van der Waals surface area (Å²) in [5.74, 6) is 1.34. The lowest BCUT2D eigenvalue weighted by Gasteiger charge is -2.34. The van der Waals surface area contributed by atoms with Gasteiger partial charge in [0.2, 0.25) is 5.91 Å². The van der Waals surface area contributed by atoms with Crippen LogP contribution in [0.4, 0.5) is 0 Å². The number of hydrogen-bond donors (Lipinski definition) is 0. The van der Waals surface area contributed by atoms with E-state index < -0.39 is 5.72 Å². The molecular weight excluding hydrogens is 338 g/mol. The number of rotatable bonds is 5. The number of fused-ring (bicyclic) bond motifs is 1. The van der Waals surface area contributed by atoms with E-state index in [0.717, 1.165) is 23.3 Å². The van der Waals surface area contributed by atoms with Gasteiger partial charge in [0.15, 0.2) is 5.72 Å². The Labute approximate surface area is 161 Å². The van der Waals surface area contributed by atoms with Crippen LogP contribution in [-0.4, -0.2) is 30.6 Å². The second-order valence-electron chi connectivity index (χ2n) is 7.93. The van der Waals surface area contributed by atoms with Gasteiger partial charge in [0.1, 0.15) is 5.75 Å².